The maximum absolute atomic E-state index is 10.5. The number of fused-ring (bicyclic) bond motifs is 1. The largest absolute Gasteiger partial charge is 0.454 e. The van der Waals surface area contributed by atoms with E-state index in [0.717, 1.165) is 5.56 Å². The molecule has 0 aliphatic carbocycles. The molecule has 110 valence electrons. The number of rotatable bonds is 3. The van der Waals surface area contributed by atoms with E-state index in [1.54, 1.807) is 12.1 Å². The average Bonchev–Trinajstić information content (AvgIpc) is 2.91. The van der Waals surface area contributed by atoms with Gasteiger partial charge in [0, 0.05) is 6.42 Å². The molecule has 0 aromatic heterocycles. The van der Waals surface area contributed by atoms with Gasteiger partial charge in [0.05, 0.1) is 11.1 Å². The minimum atomic E-state index is -0.628. The molecule has 2 aromatic carbocycles. The summed E-state index contributed by atoms with van der Waals surface area (Å²) in [7, 11) is 0. The zero-order valence-corrected chi connectivity index (χ0v) is 12.8. The lowest BCUT2D eigenvalue weighted by Gasteiger charge is -2.16. The van der Waals surface area contributed by atoms with Crippen LogP contribution in [0.4, 0.5) is 0 Å². The summed E-state index contributed by atoms with van der Waals surface area (Å²) in [5, 5.41) is 11.0. The van der Waals surface area contributed by atoms with E-state index in [1.807, 2.05) is 6.07 Å². The monoisotopic (exact) mass is 304 g/mol. The minimum Gasteiger partial charge on any atom is -0.454 e. The fraction of sp³-hybridized carbons (Fsp3) is 0.294. The molecule has 1 N–H and O–H groups in total. The van der Waals surface area contributed by atoms with Crippen molar-refractivity contribution in [3.63, 3.8) is 0 Å². The van der Waals surface area contributed by atoms with Crippen molar-refractivity contribution in [1.29, 1.82) is 0 Å². The maximum Gasteiger partial charge on any atom is 0.231 e. The Hall–Kier alpha value is -1.71. The van der Waals surface area contributed by atoms with Crippen LogP contribution in [0.3, 0.4) is 0 Å². The van der Waals surface area contributed by atoms with E-state index in [4.69, 9.17) is 21.1 Å². The molecule has 1 unspecified atom stereocenters. The molecule has 0 spiro atoms. The summed E-state index contributed by atoms with van der Waals surface area (Å²) in [6.45, 7) is 4.29. The van der Waals surface area contributed by atoms with Gasteiger partial charge < -0.3 is 14.6 Å². The molecule has 0 fully saturated rings. The number of aliphatic hydroxyl groups is 1. The van der Waals surface area contributed by atoms with Gasteiger partial charge in [0.25, 0.3) is 0 Å². The lowest BCUT2D eigenvalue weighted by atomic mass is 9.94. The second-order valence-electron chi connectivity index (χ2n) is 5.33. The van der Waals surface area contributed by atoms with Gasteiger partial charge in [-0.2, -0.15) is 0 Å². The third-order valence-electron chi connectivity index (χ3n) is 3.88. The highest BCUT2D eigenvalue weighted by atomic mass is 35.5. The molecular weight excluding hydrogens is 288 g/mol. The molecule has 2 aromatic rings. The van der Waals surface area contributed by atoms with E-state index in [2.05, 4.69) is 26.0 Å². The van der Waals surface area contributed by atoms with Gasteiger partial charge in [-0.3, -0.25) is 0 Å². The highest BCUT2D eigenvalue weighted by molar-refractivity contribution is 6.32. The summed E-state index contributed by atoms with van der Waals surface area (Å²) in [5.74, 6) is 1.15. The van der Waals surface area contributed by atoms with E-state index in [9.17, 15) is 5.11 Å². The number of ether oxygens (including phenoxy) is 2. The number of benzene rings is 2. The summed E-state index contributed by atoms with van der Waals surface area (Å²) in [5.41, 5.74) is 4.27. The third-order valence-corrected chi connectivity index (χ3v) is 4.16. The van der Waals surface area contributed by atoms with Crippen molar-refractivity contribution in [2.75, 3.05) is 6.79 Å². The summed E-state index contributed by atoms with van der Waals surface area (Å²) in [6.07, 6.45) is -0.0779. The van der Waals surface area contributed by atoms with Crippen LogP contribution in [-0.2, 0) is 6.42 Å². The molecule has 1 aliphatic heterocycles. The zero-order valence-electron chi connectivity index (χ0n) is 12.0. The van der Waals surface area contributed by atoms with Crippen molar-refractivity contribution in [2.24, 2.45) is 0 Å². The molecule has 0 amide bonds. The lowest BCUT2D eigenvalue weighted by Crippen LogP contribution is -2.05. The molecule has 0 bridgehead atoms. The Morgan fingerprint density at radius 3 is 2.62 bits per heavy atom. The normalized spacial score (nSPS) is 14.3. The van der Waals surface area contributed by atoms with Gasteiger partial charge in [-0.05, 0) is 48.2 Å². The highest BCUT2D eigenvalue weighted by Crippen LogP contribution is 2.41. The van der Waals surface area contributed by atoms with Crippen LogP contribution in [0.1, 0.15) is 28.4 Å². The van der Waals surface area contributed by atoms with Crippen LogP contribution < -0.4 is 9.47 Å². The van der Waals surface area contributed by atoms with Crippen LogP contribution in [0.15, 0.2) is 30.3 Å². The first-order valence-electron chi connectivity index (χ1n) is 6.88. The van der Waals surface area contributed by atoms with Crippen molar-refractivity contribution >= 4 is 11.6 Å². The van der Waals surface area contributed by atoms with E-state index in [-0.39, 0.29) is 6.79 Å². The number of hydrogen-bond donors (Lipinski definition) is 1. The number of halogens is 1. The Labute approximate surface area is 129 Å². The number of aryl methyl sites for hydroxylation is 2. The summed E-state index contributed by atoms with van der Waals surface area (Å²) in [6, 6.07) is 9.68. The van der Waals surface area contributed by atoms with E-state index >= 15 is 0 Å². The van der Waals surface area contributed by atoms with E-state index < -0.39 is 6.10 Å². The molecule has 0 saturated heterocycles. The molecule has 1 aliphatic rings. The molecule has 3 rings (SSSR count). The maximum atomic E-state index is 10.5. The molecule has 1 heterocycles. The Morgan fingerprint density at radius 1 is 1.19 bits per heavy atom. The SMILES string of the molecule is Cc1cccc(C)c1CC(O)c1cc(Cl)c2c(c1)OCO2. The van der Waals surface area contributed by atoms with Gasteiger partial charge >= 0.3 is 0 Å². The smallest absolute Gasteiger partial charge is 0.231 e. The van der Waals surface area contributed by atoms with Crippen molar-refractivity contribution in [3.05, 3.63) is 57.6 Å². The Balaban J connectivity index is 1.89. The quantitative estimate of drug-likeness (QED) is 0.933. The van der Waals surface area contributed by atoms with Crippen molar-refractivity contribution in [3.8, 4) is 11.5 Å². The number of aliphatic hydroxyl groups excluding tert-OH is 1. The Morgan fingerprint density at radius 2 is 1.90 bits per heavy atom. The minimum absolute atomic E-state index is 0.172. The fourth-order valence-corrected chi connectivity index (χ4v) is 2.94. The van der Waals surface area contributed by atoms with Gasteiger partial charge in [-0.25, -0.2) is 0 Å². The van der Waals surface area contributed by atoms with Crippen LogP contribution in [0.25, 0.3) is 0 Å². The molecule has 0 saturated carbocycles. The number of hydrogen-bond acceptors (Lipinski definition) is 3. The summed E-state index contributed by atoms with van der Waals surface area (Å²) in [4.78, 5) is 0. The molecule has 1 atom stereocenters. The predicted octanol–water partition coefficient (Wildman–Crippen LogP) is 3.96. The summed E-state index contributed by atoms with van der Waals surface area (Å²) < 4.78 is 10.6. The average molecular weight is 305 g/mol. The molecule has 21 heavy (non-hydrogen) atoms. The van der Waals surface area contributed by atoms with Gasteiger partial charge in [0.2, 0.25) is 6.79 Å². The van der Waals surface area contributed by atoms with E-state index in [0.29, 0.717) is 22.9 Å². The van der Waals surface area contributed by atoms with Crippen LogP contribution in [0.2, 0.25) is 5.02 Å². The third kappa shape index (κ3) is 2.71. The first-order valence-corrected chi connectivity index (χ1v) is 7.26. The molecular formula is C17H17ClO3. The Bertz CT molecular complexity index is 662. The fourth-order valence-electron chi connectivity index (χ4n) is 2.66. The van der Waals surface area contributed by atoms with Crippen molar-refractivity contribution < 1.29 is 14.6 Å². The van der Waals surface area contributed by atoms with Crippen LogP contribution in [0.5, 0.6) is 11.5 Å². The first-order chi connectivity index (χ1) is 10.1. The Kier molecular flexibility index (Phi) is 3.79. The first kappa shape index (κ1) is 14.2. The van der Waals surface area contributed by atoms with Gasteiger partial charge in [-0.15, -0.1) is 0 Å². The second-order valence-corrected chi connectivity index (χ2v) is 5.73. The summed E-state index contributed by atoms with van der Waals surface area (Å²) >= 11 is 6.17. The highest BCUT2D eigenvalue weighted by Gasteiger charge is 2.21. The second kappa shape index (κ2) is 5.58. The van der Waals surface area contributed by atoms with E-state index in [1.165, 1.54) is 16.7 Å². The van der Waals surface area contributed by atoms with Crippen LogP contribution in [0, 0.1) is 13.8 Å². The van der Waals surface area contributed by atoms with Crippen LogP contribution in [-0.4, -0.2) is 11.9 Å². The predicted molar refractivity (Wildman–Crippen MR) is 82.2 cm³/mol. The van der Waals surface area contributed by atoms with Crippen LogP contribution >= 0.6 is 11.6 Å². The molecule has 4 heteroatoms. The zero-order chi connectivity index (χ0) is 15.0. The standard InChI is InChI=1S/C17H17ClO3/c1-10-4-3-5-11(2)13(10)8-15(19)12-6-14(18)17-16(7-12)20-9-21-17/h3-7,15,19H,8-9H2,1-2H3. The van der Waals surface area contributed by atoms with Gasteiger partial charge in [0.1, 0.15) is 0 Å². The lowest BCUT2D eigenvalue weighted by molar-refractivity contribution is 0.171. The van der Waals surface area contributed by atoms with Crippen molar-refractivity contribution in [2.45, 2.75) is 26.4 Å². The molecule has 0 radical (unpaired) electrons. The topological polar surface area (TPSA) is 38.7 Å². The van der Waals surface area contributed by atoms with Crippen molar-refractivity contribution in [1.82, 2.24) is 0 Å². The molecule has 3 nitrogen and oxygen atoms in total. The van der Waals surface area contributed by atoms with Gasteiger partial charge in [0.15, 0.2) is 11.5 Å². The van der Waals surface area contributed by atoms with Gasteiger partial charge in [-0.1, -0.05) is 29.8 Å².